The molecule has 0 aliphatic rings. The maximum absolute atomic E-state index is 12.3. The van der Waals surface area contributed by atoms with Crippen LogP contribution in [0.15, 0.2) is 40.6 Å². The molecule has 0 amide bonds. The highest BCUT2D eigenvalue weighted by Crippen LogP contribution is 2.22. The summed E-state index contributed by atoms with van der Waals surface area (Å²) >= 11 is 1.51. The maximum atomic E-state index is 12.3. The van der Waals surface area contributed by atoms with E-state index >= 15 is 0 Å². The lowest BCUT2D eigenvalue weighted by Gasteiger charge is -2.11. The van der Waals surface area contributed by atoms with Crippen LogP contribution in [0.4, 0.5) is 0 Å². The van der Waals surface area contributed by atoms with Crippen LogP contribution in [0.3, 0.4) is 0 Å². The molecule has 7 heteroatoms. The number of hydrogen-bond acceptors (Lipinski definition) is 5. The van der Waals surface area contributed by atoms with Gasteiger partial charge in [-0.2, -0.15) is 0 Å². The summed E-state index contributed by atoms with van der Waals surface area (Å²) in [5, 5.41) is 1.91. The number of sulfonamides is 1. The standard InChI is InChI=1S/C14H18N2O3S2/c1-2-19-14-6-5-13(8-11(14)9-15)21(17,18)16-10-12-4-3-7-20-12/h3-8,16H,2,9-10,15H2,1H3. The lowest BCUT2D eigenvalue weighted by Crippen LogP contribution is -2.23. The predicted molar refractivity (Wildman–Crippen MR) is 83.8 cm³/mol. The van der Waals surface area contributed by atoms with Gasteiger partial charge in [0.1, 0.15) is 5.75 Å². The molecule has 114 valence electrons. The topological polar surface area (TPSA) is 81.4 Å². The van der Waals surface area contributed by atoms with E-state index in [9.17, 15) is 8.42 Å². The second-order valence-corrected chi connectivity index (χ2v) is 7.11. The third-order valence-corrected chi connectivity index (χ3v) is 5.15. The molecular formula is C14H18N2O3S2. The minimum atomic E-state index is -3.56. The van der Waals surface area contributed by atoms with Crippen molar-refractivity contribution < 1.29 is 13.2 Å². The molecule has 0 unspecified atom stereocenters. The average Bonchev–Trinajstić information content (AvgIpc) is 2.99. The molecule has 3 N–H and O–H groups in total. The molecule has 0 spiro atoms. The van der Waals surface area contributed by atoms with E-state index in [0.29, 0.717) is 17.9 Å². The van der Waals surface area contributed by atoms with E-state index in [0.717, 1.165) is 4.88 Å². The van der Waals surface area contributed by atoms with E-state index in [1.54, 1.807) is 12.1 Å². The maximum Gasteiger partial charge on any atom is 0.240 e. The highest BCUT2D eigenvalue weighted by molar-refractivity contribution is 7.89. The number of hydrogen-bond donors (Lipinski definition) is 2. The summed E-state index contributed by atoms with van der Waals surface area (Å²) in [5.74, 6) is 0.622. The van der Waals surface area contributed by atoms with Gasteiger partial charge in [-0.15, -0.1) is 11.3 Å². The summed E-state index contributed by atoms with van der Waals surface area (Å²) in [4.78, 5) is 1.16. The van der Waals surface area contributed by atoms with Gasteiger partial charge in [0.05, 0.1) is 11.5 Å². The van der Waals surface area contributed by atoms with Crippen molar-refractivity contribution in [2.24, 2.45) is 5.73 Å². The van der Waals surface area contributed by atoms with E-state index in [-0.39, 0.29) is 18.0 Å². The van der Waals surface area contributed by atoms with Crippen LogP contribution >= 0.6 is 11.3 Å². The molecule has 2 aromatic rings. The Morgan fingerprint density at radius 3 is 2.76 bits per heavy atom. The first-order valence-electron chi connectivity index (χ1n) is 6.54. The van der Waals surface area contributed by atoms with Crippen LogP contribution in [0.25, 0.3) is 0 Å². The predicted octanol–water partition coefficient (Wildman–Crippen LogP) is 2.08. The van der Waals surface area contributed by atoms with Gasteiger partial charge in [-0.1, -0.05) is 6.07 Å². The van der Waals surface area contributed by atoms with Crippen molar-refractivity contribution in [2.45, 2.75) is 24.9 Å². The Bertz CT molecular complexity index is 682. The summed E-state index contributed by atoms with van der Waals surface area (Å²) in [5.41, 5.74) is 6.33. The normalized spacial score (nSPS) is 11.5. The molecule has 21 heavy (non-hydrogen) atoms. The third-order valence-electron chi connectivity index (χ3n) is 2.88. The highest BCUT2D eigenvalue weighted by atomic mass is 32.2. The monoisotopic (exact) mass is 326 g/mol. The van der Waals surface area contributed by atoms with Gasteiger partial charge in [-0.25, -0.2) is 13.1 Å². The molecule has 0 fully saturated rings. The van der Waals surface area contributed by atoms with E-state index in [1.165, 1.54) is 17.4 Å². The summed E-state index contributed by atoms with van der Waals surface area (Å²) in [6.07, 6.45) is 0. The smallest absolute Gasteiger partial charge is 0.240 e. The number of benzene rings is 1. The zero-order valence-corrected chi connectivity index (χ0v) is 13.3. The van der Waals surface area contributed by atoms with Gasteiger partial charge in [0.15, 0.2) is 0 Å². The molecule has 0 saturated heterocycles. The van der Waals surface area contributed by atoms with Gasteiger partial charge in [-0.3, -0.25) is 0 Å². The minimum Gasteiger partial charge on any atom is -0.494 e. The van der Waals surface area contributed by atoms with Gasteiger partial charge >= 0.3 is 0 Å². The van der Waals surface area contributed by atoms with Crippen molar-refractivity contribution in [2.75, 3.05) is 6.61 Å². The largest absolute Gasteiger partial charge is 0.494 e. The van der Waals surface area contributed by atoms with Crippen LogP contribution in [0, 0.1) is 0 Å². The van der Waals surface area contributed by atoms with E-state index in [1.807, 2.05) is 24.4 Å². The molecule has 0 saturated carbocycles. The molecule has 1 aromatic carbocycles. The minimum absolute atomic E-state index is 0.197. The number of nitrogens with two attached hydrogens (primary N) is 1. The second kappa shape index (κ2) is 7.04. The fraction of sp³-hybridized carbons (Fsp3) is 0.286. The van der Waals surface area contributed by atoms with Crippen LogP contribution in [0.1, 0.15) is 17.4 Å². The molecule has 5 nitrogen and oxygen atoms in total. The second-order valence-electron chi connectivity index (χ2n) is 4.31. The van der Waals surface area contributed by atoms with E-state index < -0.39 is 10.0 Å². The Balaban J connectivity index is 2.19. The zero-order chi connectivity index (χ0) is 15.3. The number of nitrogens with one attached hydrogen (secondary N) is 1. The van der Waals surface area contributed by atoms with Crippen molar-refractivity contribution in [3.63, 3.8) is 0 Å². The molecule has 2 rings (SSSR count). The molecule has 0 radical (unpaired) electrons. The third kappa shape index (κ3) is 4.04. The first kappa shape index (κ1) is 16.0. The molecule has 1 aromatic heterocycles. The van der Waals surface area contributed by atoms with Crippen LogP contribution in [0.2, 0.25) is 0 Å². The molecule has 0 bridgehead atoms. The first-order chi connectivity index (χ1) is 10.1. The zero-order valence-electron chi connectivity index (χ0n) is 11.7. The summed E-state index contributed by atoms with van der Waals surface area (Å²) < 4.78 is 32.6. The Morgan fingerprint density at radius 2 is 2.14 bits per heavy atom. The van der Waals surface area contributed by atoms with Crippen LogP contribution < -0.4 is 15.2 Å². The van der Waals surface area contributed by atoms with Gasteiger partial charge in [-0.05, 0) is 36.6 Å². The number of ether oxygens (including phenoxy) is 1. The number of rotatable bonds is 7. The lowest BCUT2D eigenvalue weighted by atomic mass is 10.2. The summed E-state index contributed by atoms with van der Waals surface area (Å²) in [6.45, 7) is 2.89. The van der Waals surface area contributed by atoms with Crippen molar-refractivity contribution in [3.05, 3.63) is 46.2 Å². The fourth-order valence-electron chi connectivity index (χ4n) is 1.84. The van der Waals surface area contributed by atoms with Crippen LogP contribution in [-0.2, 0) is 23.1 Å². The van der Waals surface area contributed by atoms with Crippen molar-refractivity contribution in [1.82, 2.24) is 4.72 Å². The van der Waals surface area contributed by atoms with E-state index in [2.05, 4.69) is 4.72 Å². The molecular weight excluding hydrogens is 308 g/mol. The highest BCUT2D eigenvalue weighted by Gasteiger charge is 2.16. The number of thiophene rings is 1. The quantitative estimate of drug-likeness (QED) is 0.816. The van der Waals surface area contributed by atoms with Crippen LogP contribution in [0.5, 0.6) is 5.75 Å². The Morgan fingerprint density at radius 1 is 1.33 bits per heavy atom. The SMILES string of the molecule is CCOc1ccc(S(=O)(=O)NCc2cccs2)cc1CN. The van der Waals surface area contributed by atoms with Gasteiger partial charge < -0.3 is 10.5 Å². The van der Waals surface area contributed by atoms with Gasteiger partial charge in [0.2, 0.25) is 10.0 Å². The Labute approximate surface area is 128 Å². The van der Waals surface area contributed by atoms with Crippen molar-refractivity contribution in [1.29, 1.82) is 0 Å². The van der Waals surface area contributed by atoms with E-state index in [4.69, 9.17) is 10.5 Å². The average molecular weight is 326 g/mol. The van der Waals surface area contributed by atoms with Gasteiger partial charge in [0.25, 0.3) is 0 Å². The Kier molecular flexibility index (Phi) is 5.35. The molecule has 0 aliphatic heterocycles. The van der Waals surface area contributed by atoms with Crippen molar-refractivity contribution in [3.8, 4) is 5.75 Å². The first-order valence-corrected chi connectivity index (χ1v) is 8.91. The van der Waals surface area contributed by atoms with Gasteiger partial charge in [0, 0.05) is 23.5 Å². The molecule has 0 atom stereocenters. The molecule has 1 heterocycles. The molecule has 0 aliphatic carbocycles. The van der Waals surface area contributed by atoms with Crippen molar-refractivity contribution >= 4 is 21.4 Å². The summed E-state index contributed by atoms with van der Waals surface area (Å²) in [6, 6.07) is 8.50. The summed E-state index contributed by atoms with van der Waals surface area (Å²) in [7, 11) is -3.56. The fourth-order valence-corrected chi connectivity index (χ4v) is 3.63. The van der Waals surface area contributed by atoms with Crippen LogP contribution in [-0.4, -0.2) is 15.0 Å². The Hall–Kier alpha value is -1.41. The lowest BCUT2D eigenvalue weighted by molar-refractivity contribution is 0.336.